The first-order valence-corrected chi connectivity index (χ1v) is 8.86. The van der Waals surface area contributed by atoms with Gasteiger partial charge in [-0.3, -0.25) is 4.79 Å². The summed E-state index contributed by atoms with van der Waals surface area (Å²) >= 11 is 3.78. The molecular formula is C13H24N2O3S2. The maximum Gasteiger partial charge on any atom is 0.315 e. The third-order valence-electron chi connectivity index (χ3n) is 3.90. The largest absolute Gasteiger partial charge is 0.481 e. The molecule has 0 aliphatic carbocycles. The Kier molecular flexibility index (Phi) is 6.06. The van der Waals surface area contributed by atoms with E-state index in [0.29, 0.717) is 11.8 Å². The first kappa shape index (κ1) is 17.5. The fourth-order valence-electron chi connectivity index (χ4n) is 1.61. The number of carboxylic acid groups (broad SMARTS) is 1. The second kappa shape index (κ2) is 6.93. The molecule has 0 saturated carbocycles. The average molecular weight is 320 g/mol. The number of carbonyl (C=O) groups is 2. The summed E-state index contributed by atoms with van der Waals surface area (Å²) in [6, 6.07) is -0.305. The highest BCUT2D eigenvalue weighted by Crippen LogP contribution is 2.30. The van der Waals surface area contributed by atoms with Crippen LogP contribution in [0.1, 0.15) is 27.7 Å². The van der Waals surface area contributed by atoms with Crippen molar-refractivity contribution in [2.75, 3.05) is 23.8 Å². The van der Waals surface area contributed by atoms with Crippen LogP contribution in [0.4, 0.5) is 4.79 Å². The van der Waals surface area contributed by atoms with Gasteiger partial charge in [-0.15, -0.1) is 0 Å². The van der Waals surface area contributed by atoms with Crippen molar-refractivity contribution in [2.24, 2.45) is 5.41 Å². The van der Waals surface area contributed by atoms with Crippen LogP contribution in [0, 0.1) is 5.41 Å². The monoisotopic (exact) mass is 320 g/mol. The van der Waals surface area contributed by atoms with Gasteiger partial charge in [-0.05, 0) is 27.7 Å². The lowest BCUT2D eigenvalue weighted by atomic mass is 9.74. The van der Waals surface area contributed by atoms with E-state index >= 15 is 0 Å². The molecule has 5 nitrogen and oxygen atoms in total. The number of nitrogens with one attached hydrogen (secondary N) is 2. The summed E-state index contributed by atoms with van der Waals surface area (Å²) in [4.78, 5) is 23.2. The predicted octanol–water partition coefficient (Wildman–Crippen LogP) is 2.02. The van der Waals surface area contributed by atoms with Crippen LogP contribution >= 0.6 is 23.5 Å². The molecule has 1 rings (SSSR count). The Bertz CT molecular complexity index is 367. The van der Waals surface area contributed by atoms with Gasteiger partial charge >= 0.3 is 12.0 Å². The number of rotatable bonds is 5. The molecule has 0 aromatic rings. The predicted molar refractivity (Wildman–Crippen MR) is 85.6 cm³/mol. The van der Waals surface area contributed by atoms with Crippen LogP contribution in [-0.2, 0) is 4.79 Å². The van der Waals surface area contributed by atoms with E-state index in [4.69, 9.17) is 0 Å². The van der Waals surface area contributed by atoms with Crippen molar-refractivity contribution >= 4 is 35.5 Å². The van der Waals surface area contributed by atoms with Crippen molar-refractivity contribution in [3.8, 4) is 0 Å². The van der Waals surface area contributed by atoms with Crippen molar-refractivity contribution in [1.82, 2.24) is 10.6 Å². The number of thioether (sulfide) groups is 2. The maximum atomic E-state index is 11.9. The molecule has 0 aromatic heterocycles. The zero-order chi connectivity index (χ0) is 15.4. The minimum absolute atomic E-state index is 0.305. The van der Waals surface area contributed by atoms with Gasteiger partial charge in [-0.25, -0.2) is 4.79 Å². The molecule has 0 radical (unpaired) electrons. The lowest BCUT2D eigenvalue weighted by molar-refractivity contribution is -0.150. The highest BCUT2D eigenvalue weighted by molar-refractivity contribution is 8.06. The summed E-state index contributed by atoms with van der Waals surface area (Å²) in [6.07, 6.45) is 0. The van der Waals surface area contributed by atoms with Crippen LogP contribution in [0.15, 0.2) is 0 Å². The van der Waals surface area contributed by atoms with Crippen LogP contribution in [0.2, 0.25) is 0 Å². The third kappa shape index (κ3) is 4.48. The Hall–Kier alpha value is -0.560. The van der Waals surface area contributed by atoms with E-state index in [9.17, 15) is 14.7 Å². The molecule has 1 aliphatic heterocycles. The van der Waals surface area contributed by atoms with E-state index in [2.05, 4.69) is 10.6 Å². The fourth-order valence-corrected chi connectivity index (χ4v) is 4.22. The molecule has 1 atom stereocenters. The van der Waals surface area contributed by atoms with Crippen LogP contribution in [-0.4, -0.2) is 51.7 Å². The molecule has 1 aliphatic rings. The molecule has 2 amide bonds. The Balaban J connectivity index is 2.46. The Morgan fingerprint density at radius 1 is 1.25 bits per heavy atom. The SMILES string of the molecule is CC(C)(NC(=O)NCC1CSCCS1)C(C)(C)C(=O)O. The Labute approximate surface area is 129 Å². The standard InChI is InChI=1S/C13H24N2O3S2/c1-12(2,10(16)17)13(3,4)15-11(18)14-7-9-8-19-5-6-20-9/h9H,5-8H2,1-4H3,(H,16,17)(H2,14,15,18). The molecule has 1 unspecified atom stereocenters. The van der Waals surface area contributed by atoms with E-state index in [1.165, 1.54) is 5.75 Å². The Morgan fingerprint density at radius 3 is 2.40 bits per heavy atom. The molecule has 1 heterocycles. The van der Waals surface area contributed by atoms with Gasteiger partial charge in [-0.2, -0.15) is 23.5 Å². The molecule has 1 fully saturated rings. The number of carbonyl (C=O) groups excluding carboxylic acids is 1. The lowest BCUT2D eigenvalue weighted by Gasteiger charge is -2.38. The fraction of sp³-hybridized carbons (Fsp3) is 0.846. The van der Waals surface area contributed by atoms with E-state index in [-0.39, 0.29) is 6.03 Å². The molecule has 0 bridgehead atoms. The van der Waals surface area contributed by atoms with Gasteiger partial charge in [0.2, 0.25) is 0 Å². The quantitative estimate of drug-likeness (QED) is 0.722. The third-order valence-corrected chi connectivity index (χ3v) is 6.74. The summed E-state index contributed by atoms with van der Waals surface area (Å²) in [6.45, 7) is 7.30. The van der Waals surface area contributed by atoms with E-state index in [0.717, 1.165) is 11.5 Å². The zero-order valence-electron chi connectivity index (χ0n) is 12.5. The smallest absolute Gasteiger partial charge is 0.315 e. The number of urea groups is 1. The van der Waals surface area contributed by atoms with Gasteiger partial charge in [0, 0.05) is 29.1 Å². The first-order chi connectivity index (χ1) is 9.17. The van der Waals surface area contributed by atoms with Crippen LogP contribution in [0.3, 0.4) is 0 Å². The number of amides is 2. The second-order valence-corrected chi connectivity index (χ2v) is 8.52. The minimum atomic E-state index is -1.04. The lowest BCUT2D eigenvalue weighted by Crippen LogP contribution is -2.59. The van der Waals surface area contributed by atoms with Crippen molar-refractivity contribution in [2.45, 2.75) is 38.5 Å². The second-order valence-electron chi connectivity index (χ2n) is 5.96. The molecule has 116 valence electrons. The maximum absolute atomic E-state index is 11.9. The highest BCUT2D eigenvalue weighted by Gasteiger charge is 2.44. The molecule has 7 heteroatoms. The van der Waals surface area contributed by atoms with Gasteiger partial charge < -0.3 is 15.7 Å². The number of aliphatic carboxylic acids is 1. The zero-order valence-corrected chi connectivity index (χ0v) is 14.1. The van der Waals surface area contributed by atoms with Crippen molar-refractivity contribution < 1.29 is 14.7 Å². The van der Waals surface area contributed by atoms with Gasteiger partial charge in [0.05, 0.1) is 11.0 Å². The average Bonchev–Trinajstić information content (AvgIpc) is 2.36. The summed E-state index contributed by atoms with van der Waals surface area (Å²) in [5.74, 6) is 2.42. The van der Waals surface area contributed by atoms with E-state index in [1.54, 1.807) is 27.7 Å². The van der Waals surface area contributed by atoms with Crippen LogP contribution in [0.5, 0.6) is 0 Å². The Morgan fingerprint density at radius 2 is 1.90 bits per heavy atom. The summed E-state index contributed by atoms with van der Waals surface area (Å²) in [5.41, 5.74) is -1.88. The van der Waals surface area contributed by atoms with Gasteiger partial charge in [0.15, 0.2) is 0 Å². The molecular weight excluding hydrogens is 296 g/mol. The molecule has 0 spiro atoms. The van der Waals surface area contributed by atoms with Crippen molar-refractivity contribution in [3.05, 3.63) is 0 Å². The van der Waals surface area contributed by atoms with Gasteiger partial charge in [0.25, 0.3) is 0 Å². The molecule has 3 N–H and O–H groups in total. The number of carboxylic acids is 1. The topological polar surface area (TPSA) is 78.4 Å². The summed E-state index contributed by atoms with van der Waals surface area (Å²) < 4.78 is 0. The van der Waals surface area contributed by atoms with Crippen molar-refractivity contribution in [1.29, 1.82) is 0 Å². The number of hydrogen-bond acceptors (Lipinski definition) is 4. The van der Waals surface area contributed by atoms with E-state index < -0.39 is 16.9 Å². The van der Waals surface area contributed by atoms with Gasteiger partial charge in [0.1, 0.15) is 0 Å². The molecule has 0 aromatic carbocycles. The van der Waals surface area contributed by atoms with E-state index in [1.807, 2.05) is 23.5 Å². The van der Waals surface area contributed by atoms with Gasteiger partial charge in [-0.1, -0.05) is 0 Å². The molecule has 1 saturated heterocycles. The highest BCUT2D eigenvalue weighted by atomic mass is 32.2. The van der Waals surface area contributed by atoms with Crippen LogP contribution < -0.4 is 10.6 Å². The first-order valence-electron chi connectivity index (χ1n) is 6.65. The molecule has 20 heavy (non-hydrogen) atoms. The normalized spacial score (nSPS) is 20.3. The number of hydrogen-bond donors (Lipinski definition) is 3. The van der Waals surface area contributed by atoms with Crippen LogP contribution in [0.25, 0.3) is 0 Å². The summed E-state index contributed by atoms with van der Waals surface area (Å²) in [5, 5.41) is 15.3. The minimum Gasteiger partial charge on any atom is -0.481 e. The summed E-state index contributed by atoms with van der Waals surface area (Å²) in [7, 11) is 0. The van der Waals surface area contributed by atoms with Crippen molar-refractivity contribution in [3.63, 3.8) is 0 Å².